The maximum atomic E-state index is 10.6. The van der Waals surface area contributed by atoms with E-state index < -0.39 is 5.97 Å². The number of nitrogens with zero attached hydrogens (tertiary/aromatic N) is 5. The molecule has 7 heteroatoms. The van der Waals surface area contributed by atoms with Crippen LogP contribution in [0.3, 0.4) is 0 Å². The standard InChI is InChI=1S/C9H5N5O2/c10-5-7-8(12-3-2-11-7)14-4-1-6(13-14)9(15)16/h1-4H,(H,15,16). The molecule has 1 N–H and O–H groups in total. The Hall–Kier alpha value is -2.75. The highest BCUT2D eigenvalue weighted by molar-refractivity contribution is 5.85. The molecular weight excluding hydrogens is 210 g/mol. The Balaban J connectivity index is 2.51. The van der Waals surface area contributed by atoms with Crippen LogP contribution >= 0.6 is 0 Å². The molecule has 2 aromatic rings. The third-order valence-electron chi connectivity index (χ3n) is 1.81. The molecule has 7 nitrogen and oxygen atoms in total. The van der Waals surface area contributed by atoms with Gasteiger partial charge in [0.05, 0.1) is 0 Å². The minimum atomic E-state index is -1.14. The Labute approximate surface area is 89.6 Å². The maximum absolute atomic E-state index is 10.6. The number of carboxylic acids is 1. The number of rotatable bonds is 2. The summed E-state index contributed by atoms with van der Waals surface area (Å²) in [5.74, 6) is -0.932. The number of carboxylic acid groups (broad SMARTS) is 1. The molecule has 16 heavy (non-hydrogen) atoms. The highest BCUT2D eigenvalue weighted by Crippen LogP contribution is 2.07. The summed E-state index contributed by atoms with van der Waals surface area (Å²) in [7, 11) is 0. The minimum absolute atomic E-state index is 0.0857. The molecule has 0 aliphatic rings. The number of aromatic carboxylic acids is 1. The Morgan fingerprint density at radius 2 is 2.19 bits per heavy atom. The predicted octanol–water partition coefficient (Wildman–Crippen LogP) is 0.232. The summed E-state index contributed by atoms with van der Waals surface area (Å²) in [6.45, 7) is 0. The number of nitriles is 1. The molecule has 0 radical (unpaired) electrons. The van der Waals surface area contributed by atoms with Gasteiger partial charge in [0.2, 0.25) is 0 Å². The lowest BCUT2D eigenvalue weighted by molar-refractivity contribution is 0.0690. The van der Waals surface area contributed by atoms with E-state index in [1.807, 2.05) is 6.07 Å². The van der Waals surface area contributed by atoms with Crippen molar-refractivity contribution in [3.63, 3.8) is 0 Å². The molecule has 0 aromatic carbocycles. The highest BCUT2D eigenvalue weighted by atomic mass is 16.4. The molecule has 0 bridgehead atoms. The number of hydrogen-bond acceptors (Lipinski definition) is 5. The molecule has 0 aliphatic carbocycles. The molecule has 0 amide bonds. The number of hydrogen-bond donors (Lipinski definition) is 1. The second-order valence-corrected chi connectivity index (χ2v) is 2.79. The van der Waals surface area contributed by atoms with Crippen LogP contribution in [0.5, 0.6) is 0 Å². The lowest BCUT2D eigenvalue weighted by Crippen LogP contribution is -2.05. The zero-order valence-corrected chi connectivity index (χ0v) is 7.90. The lowest BCUT2D eigenvalue weighted by Gasteiger charge is -1.99. The average Bonchev–Trinajstić information content (AvgIpc) is 2.78. The van der Waals surface area contributed by atoms with Crippen molar-refractivity contribution in [1.29, 1.82) is 5.26 Å². The SMILES string of the molecule is N#Cc1nccnc1-n1ccc(C(=O)O)n1. The van der Waals surface area contributed by atoms with Gasteiger partial charge in [-0.15, -0.1) is 0 Å². The van der Waals surface area contributed by atoms with E-state index >= 15 is 0 Å². The minimum Gasteiger partial charge on any atom is -0.476 e. The largest absolute Gasteiger partial charge is 0.476 e. The van der Waals surface area contributed by atoms with Crippen molar-refractivity contribution >= 4 is 5.97 Å². The van der Waals surface area contributed by atoms with Crippen LogP contribution < -0.4 is 0 Å². The summed E-state index contributed by atoms with van der Waals surface area (Å²) in [6, 6.07) is 3.17. The third-order valence-corrected chi connectivity index (χ3v) is 1.81. The summed E-state index contributed by atoms with van der Waals surface area (Å²) in [5, 5.41) is 21.2. The van der Waals surface area contributed by atoms with Gasteiger partial charge >= 0.3 is 5.97 Å². The maximum Gasteiger partial charge on any atom is 0.356 e. The van der Waals surface area contributed by atoms with Gasteiger partial charge in [0.25, 0.3) is 0 Å². The van der Waals surface area contributed by atoms with E-state index in [2.05, 4.69) is 15.1 Å². The van der Waals surface area contributed by atoms with Gasteiger partial charge in [0.1, 0.15) is 6.07 Å². The normalized spacial score (nSPS) is 9.69. The van der Waals surface area contributed by atoms with Crippen molar-refractivity contribution < 1.29 is 9.90 Å². The van der Waals surface area contributed by atoms with Crippen LogP contribution in [-0.2, 0) is 0 Å². The average molecular weight is 215 g/mol. The second-order valence-electron chi connectivity index (χ2n) is 2.79. The van der Waals surface area contributed by atoms with Gasteiger partial charge in [0, 0.05) is 18.6 Å². The predicted molar refractivity (Wildman–Crippen MR) is 50.8 cm³/mol. The van der Waals surface area contributed by atoms with Crippen molar-refractivity contribution in [3.05, 3.63) is 36.0 Å². The summed E-state index contributed by atoms with van der Waals surface area (Å²) in [6.07, 6.45) is 4.19. The fourth-order valence-corrected chi connectivity index (χ4v) is 1.13. The van der Waals surface area contributed by atoms with Crippen molar-refractivity contribution in [3.8, 4) is 11.9 Å². The molecule has 78 valence electrons. The van der Waals surface area contributed by atoms with Crippen molar-refractivity contribution in [1.82, 2.24) is 19.7 Å². The van der Waals surface area contributed by atoms with Crippen LogP contribution in [-0.4, -0.2) is 30.8 Å². The zero-order chi connectivity index (χ0) is 11.5. The Morgan fingerprint density at radius 1 is 1.44 bits per heavy atom. The Bertz CT molecular complexity index is 584. The van der Waals surface area contributed by atoms with E-state index in [-0.39, 0.29) is 17.2 Å². The van der Waals surface area contributed by atoms with E-state index in [1.54, 1.807) is 0 Å². The third kappa shape index (κ3) is 1.59. The summed E-state index contributed by atoms with van der Waals surface area (Å²) < 4.78 is 1.20. The van der Waals surface area contributed by atoms with E-state index in [0.717, 1.165) is 0 Å². The highest BCUT2D eigenvalue weighted by Gasteiger charge is 2.11. The van der Waals surface area contributed by atoms with Crippen molar-refractivity contribution in [2.75, 3.05) is 0 Å². The molecule has 2 heterocycles. The molecule has 0 fully saturated rings. The molecule has 2 aromatic heterocycles. The van der Waals surface area contributed by atoms with Crippen LogP contribution in [0.25, 0.3) is 5.82 Å². The van der Waals surface area contributed by atoms with Gasteiger partial charge in [-0.3, -0.25) is 0 Å². The summed E-state index contributed by atoms with van der Waals surface area (Å²) >= 11 is 0. The molecule has 0 spiro atoms. The first-order valence-electron chi connectivity index (χ1n) is 4.23. The monoisotopic (exact) mass is 215 g/mol. The van der Waals surface area contributed by atoms with Crippen molar-refractivity contribution in [2.45, 2.75) is 0 Å². The van der Waals surface area contributed by atoms with E-state index in [4.69, 9.17) is 10.4 Å². The molecule has 0 unspecified atom stereocenters. The molecule has 0 saturated carbocycles. The van der Waals surface area contributed by atoms with Crippen LogP contribution in [0.1, 0.15) is 16.2 Å². The van der Waals surface area contributed by atoms with Gasteiger partial charge < -0.3 is 5.11 Å². The molecule has 0 aliphatic heterocycles. The van der Waals surface area contributed by atoms with E-state index in [1.165, 1.54) is 29.3 Å². The van der Waals surface area contributed by atoms with Gasteiger partial charge in [-0.2, -0.15) is 10.4 Å². The molecule has 0 saturated heterocycles. The summed E-state index contributed by atoms with van der Waals surface area (Å²) in [4.78, 5) is 18.3. The van der Waals surface area contributed by atoms with Crippen LogP contribution in [0.4, 0.5) is 0 Å². The van der Waals surface area contributed by atoms with Gasteiger partial charge in [0.15, 0.2) is 17.2 Å². The Kier molecular flexibility index (Phi) is 2.31. The topological polar surface area (TPSA) is 105 Å². The van der Waals surface area contributed by atoms with Gasteiger partial charge in [-0.25, -0.2) is 19.4 Å². The first-order valence-corrected chi connectivity index (χ1v) is 4.23. The van der Waals surface area contributed by atoms with Crippen LogP contribution in [0, 0.1) is 11.3 Å². The zero-order valence-electron chi connectivity index (χ0n) is 7.90. The number of aromatic nitrogens is 4. The smallest absolute Gasteiger partial charge is 0.356 e. The van der Waals surface area contributed by atoms with Gasteiger partial charge in [-0.05, 0) is 6.07 Å². The fourth-order valence-electron chi connectivity index (χ4n) is 1.13. The Morgan fingerprint density at radius 3 is 2.81 bits per heavy atom. The van der Waals surface area contributed by atoms with Gasteiger partial charge in [-0.1, -0.05) is 0 Å². The first kappa shape index (κ1) is 9.79. The van der Waals surface area contributed by atoms with Crippen LogP contribution in [0.15, 0.2) is 24.7 Å². The van der Waals surface area contributed by atoms with E-state index in [0.29, 0.717) is 0 Å². The molecule has 2 rings (SSSR count). The number of carbonyl (C=O) groups is 1. The lowest BCUT2D eigenvalue weighted by atomic mass is 10.4. The molecular formula is C9H5N5O2. The fraction of sp³-hybridized carbons (Fsp3) is 0. The quantitative estimate of drug-likeness (QED) is 0.768. The van der Waals surface area contributed by atoms with Crippen LogP contribution in [0.2, 0.25) is 0 Å². The van der Waals surface area contributed by atoms with Crippen molar-refractivity contribution in [2.24, 2.45) is 0 Å². The second kappa shape index (κ2) is 3.78. The first-order chi connectivity index (χ1) is 7.72. The summed E-state index contributed by atoms with van der Waals surface area (Å²) in [5.41, 5.74) is -0.0305. The van der Waals surface area contributed by atoms with E-state index in [9.17, 15) is 4.79 Å². The molecule has 0 atom stereocenters.